The van der Waals surface area contributed by atoms with Gasteiger partial charge in [0, 0.05) is 68.6 Å². The number of imidazole rings is 1. The molecule has 2 fully saturated rings. The number of benzene rings is 1. The van der Waals surface area contributed by atoms with Gasteiger partial charge in [-0.25, -0.2) is 9.97 Å². The van der Waals surface area contributed by atoms with Crippen LogP contribution in [0.5, 0.6) is 0 Å². The first-order valence-electron chi connectivity index (χ1n) is 13.3. The number of rotatable bonds is 3. The number of pyridine rings is 1. The highest BCUT2D eigenvalue weighted by Crippen LogP contribution is 2.39. The molecule has 0 atom stereocenters. The van der Waals surface area contributed by atoms with Crippen LogP contribution in [0.4, 0.5) is 11.5 Å². The second kappa shape index (κ2) is 9.69. The van der Waals surface area contributed by atoms with Gasteiger partial charge < -0.3 is 19.5 Å². The summed E-state index contributed by atoms with van der Waals surface area (Å²) in [7, 11) is 0. The molecule has 1 amide bonds. The number of carbonyl (C=O) groups is 1. The van der Waals surface area contributed by atoms with Crippen LogP contribution in [0.25, 0.3) is 11.3 Å². The van der Waals surface area contributed by atoms with E-state index in [1.165, 1.54) is 11.1 Å². The third kappa shape index (κ3) is 4.30. The summed E-state index contributed by atoms with van der Waals surface area (Å²) in [5.41, 5.74) is 6.62. The number of aromatic amines is 1. The number of amides is 1. The minimum Gasteiger partial charge on any atom is -0.381 e. The number of ether oxygens (including phenoxy) is 1. The Hall–Kier alpha value is -3.19. The van der Waals surface area contributed by atoms with Crippen molar-refractivity contribution in [1.82, 2.24) is 15.0 Å². The third-order valence-corrected chi connectivity index (χ3v) is 8.08. The van der Waals surface area contributed by atoms with Crippen molar-refractivity contribution in [2.45, 2.75) is 51.9 Å². The van der Waals surface area contributed by atoms with E-state index in [1.807, 2.05) is 17.2 Å². The van der Waals surface area contributed by atoms with Gasteiger partial charge in [0.2, 0.25) is 5.91 Å². The molecule has 188 valence electrons. The second-order valence-corrected chi connectivity index (χ2v) is 10.5. The number of hydrogen-bond donors (Lipinski definition) is 1. The summed E-state index contributed by atoms with van der Waals surface area (Å²) in [6.45, 7) is 8.20. The molecule has 36 heavy (non-hydrogen) atoms. The van der Waals surface area contributed by atoms with E-state index in [2.05, 4.69) is 53.0 Å². The lowest BCUT2D eigenvalue weighted by Crippen LogP contribution is -2.43. The minimum atomic E-state index is 0.0293. The van der Waals surface area contributed by atoms with Crippen LogP contribution in [0.1, 0.15) is 54.2 Å². The standard InChI is InChI=1S/C29H35N5O2/c1-19-5-6-25-23(18-19)26-24(31-27(32-26)21-10-16-36-17-11-21)9-15-34(25)29(35)22-7-13-33(14-8-22)28-20(2)4-3-12-30-28/h3-6,12,18,21-22H,7-11,13-17H2,1-2H3,(H,31,32). The van der Waals surface area contributed by atoms with Gasteiger partial charge in [0.25, 0.3) is 0 Å². The molecule has 0 unspecified atom stereocenters. The van der Waals surface area contributed by atoms with E-state index < -0.39 is 0 Å². The monoisotopic (exact) mass is 485 g/mol. The molecular formula is C29H35N5O2. The smallest absolute Gasteiger partial charge is 0.230 e. The summed E-state index contributed by atoms with van der Waals surface area (Å²) in [6.07, 6.45) is 6.36. The Morgan fingerprint density at radius 1 is 1.06 bits per heavy atom. The fourth-order valence-corrected chi connectivity index (χ4v) is 6.01. The van der Waals surface area contributed by atoms with Crippen LogP contribution in [0, 0.1) is 19.8 Å². The molecule has 0 aliphatic carbocycles. The molecular weight excluding hydrogens is 450 g/mol. The molecule has 0 bridgehead atoms. The van der Waals surface area contributed by atoms with E-state index in [1.54, 1.807) is 0 Å². The van der Waals surface area contributed by atoms with Crippen LogP contribution in [0.2, 0.25) is 0 Å². The molecule has 0 radical (unpaired) electrons. The summed E-state index contributed by atoms with van der Waals surface area (Å²) in [4.78, 5) is 31.6. The molecule has 3 aromatic rings. The first-order valence-corrected chi connectivity index (χ1v) is 13.3. The summed E-state index contributed by atoms with van der Waals surface area (Å²) >= 11 is 0. The number of anilines is 2. The Morgan fingerprint density at radius 2 is 1.86 bits per heavy atom. The van der Waals surface area contributed by atoms with Crippen molar-refractivity contribution in [1.29, 1.82) is 0 Å². The highest BCUT2D eigenvalue weighted by atomic mass is 16.5. The number of piperidine rings is 1. The maximum Gasteiger partial charge on any atom is 0.230 e. The Balaban J connectivity index is 1.24. The summed E-state index contributed by atoms with van der Waals surface area (Å²) in [5, 5.41) is 0. The molecule has 7 nitrogen and oxygen atoms in total. The van der Waals surface area contributed by atoms with Gasteiger partial charge in [0.15, 0.2) is 0 Å². The summed E-state index contributed by atoms with van der Waals surface area (Å²) in [5.74, 6) is 2.81. The largest absolute Gasteiger partial charge is 0.381 e. The van der Waals surface area contributed by atoms with Gasteiger partial charge in [-0.1, -0.05) is 17.7 Å². The van der Waals surface area contributed by atoms with Gasteiger partial charge in [-0.3, -0.25) is 4.79 Å². The molecule has 1 N–H and O–H groups in total. The number of H-pyrrole nitrogens is 1. The second-order valence-electron chi connectivity index (χ2n) is 10.5. The molecule has 5 heterocycles. The first kappa shape index (κ1) is 23.2. The maximum absolute atomic E-state index is 13.9. The number of carbonyl (C=O) groups excluding carboxylic acids is 1. The predicted molar refractivity (Wildman–Crippen MR) is 142 cm³/mol. The lowest BCUT2D eigenvalue weighted by molar-refractivity contribution is -0.123. The topological polar surface area (TPSA) is 74.3 Å². The van der Waals surface area contributed by atoms with Crippen LogP contribution in [0.15, 0.2) is 36.5 Å². The number of aryl methyl sites for hydroxylation is 2. The van der Waals surface area contributed by atoms with Crippen molar-refractivity contribution >= 4 is 17.4 Å². The van der Waals surface area contributed by atoms with Gasteiger partial charge in [0.1, 0.15) is 11.6 Å². The molecule has 2 aromatic heterocycles. The highest BCUT2D eigenvalue weighted by Gasteiger charge is 2.34. The molecule has 1 aromatic carbocycles. The zero-order chi connectivity index (χ0) is 24.6. The van der Waals surface area contributed by atoms with Crippen molar-refractivity contribution in [2.24, 2.45) is 5.92 Å². The predicted octanol–water partition coefficient (Wildman–Crippen LogP) is 4.79. The van der Waals surface area contributed by atoms with E-state index in [-0.39, 0.29) is 11.8 Å². The Morgan fingerprint density at radius 3 is 2.64 bits per heavy atom. The molecule has 7 heteroatoms. The van der Waals surface area contributed by atoms with Crippen LogP contribution in [-0.2, 0) is 16.0 Å². The van der Waals surface area contributed by atoms with Crippen molar-refractivity contribution in [2.75, 3.05) is 42.6 Å². The zero-order valence-corrected chi connectivity index (χ0v) is 21.3. The SMILES string of the molecule is Cc1ccc2c(c1)-c1nc(C3CCOCC3)[nH]c1CCN2C(=O)C1CCN(c2ncccc2C)CC1. The summed E-state index contributed by atoms with van der Waals surface area (Å²) < 4.78 is 5.56. The summed E-state index contributed by atoms with van der Waals surface area (Å²) in [6, 6.07) is 10.5. The molecule has 3 aliphatic heterocycles. The number of aromatic nitrogens is 3. The van der Waals surface area contributed by atoms with Gasteiger partial charge in [0.05, 0.1) is 11.4 Å². The normalized spacial score (nSPS) is 19.1. The molecule has 0 saturated carbocycles. The van der Waals surface area contributed by atoms with Crippen LogP contribution < -0.4 is 9.80 Å². The third-order valence-electron chi connectivity index (χ3n) is 8.08. The average Bonchev–Trinajstić information content (AvgIpc) is 3.28. The van der Waals surface area contributed by atoms with E-state index in [0.717, 1.165) is 92.7 Å². The quantitative estimate of drug-likeness (QED) is 0.578. The molecule has 0 spiro atoms. The van der Waals surface area contributed by atoms with Crippen molar-refractivity contribution in [3.63, 3.8) is 0 Å². The number of nitrogens with zero attached hydrogens (tertiary/aromatic N) is 4. The van der Waals surface area contributed by atoms with E-state index in [9.17, 15) is 4.79 Å². The molecule has 2 saturated heterocycles. The number of nitrogens with one attached hydrogen (secondary N) is 1. The lowest BCUT2D eigenvalue weighted by Gasteiger charge is -2.35. The average molecular weight is 486 g/mol. The van der Waals surface area contributed by atoms with Gasteiger partial charge in [-0.15, -0.1) is 0 Å². The Labute approximate surface area is 212 Å². The fraction of sp³-hybridized carbons (Fsp3) is 0.483. The molecule has 3 aliphatic rings. The fourth-order valence-electron chi connectivity index (χ4n) is 6.01. The van der Waals surface area contributed by atoms with Crippen molar-refractivity contribution in [3.05, 3.63) is 59.2 Å². The van der Waals surface area contributed by atoms with Crippen molar-refractivity contribution < 1.29 is 9.53 Å². The number of hydrogen-bond acceptors (Lipinski definition) is 5. The highest BCUT2D eigenvalue weighted by molar-refractivity contribution is 5.99. The zero-order valence-electron chi connectivity index (χ0n) is 21.3. The van der Waals surface area contributed by atoms with Gasteiger partial charge in [-0.2, -0.15) is 0 Å². The Bertz CT molecular complexity index is 1250. The van der Waals surface area contributed by atoms with Crippen LogP contribution >= 0.6 is 0 Å². The van der Waals surface area contributed by atoms with E-state index in [4.69, 9.17) is 9.72 Å². The van der Waals surface area contributed by atoms with E-state index in [0.29, 0.717) is 12.5 Å². The van der Waals surface area contributed by atoms with Gasteiger partial charge in [-0.05, 0) is 63.3 Å². The van der Waals surface area contributed by atoms with E-state index >= 15 is 0 Å². The van der Waals surface area contributed by atoms with Crippen LogP contribution in [0.3, 0.4) is 0 Å². The Kier molecular flexibility index (Phi) is 6.25. The molecule has 6 rings (SSSR count). The number of fused-ring (bicyclic) bond motifs is 3. The lowest BCUT2D eigenvalue weighted by atomic mass is 9.94. The first-order chi connectivity index (χ1) is 17.6. The maximum atomic E-state index is 13.9. The minimum absolute atomic E-state index is 0.0293. The van der Waals surface area contributed by atoms with Crippen LogP contribution in [-0.4, -0.2) is 53.7 Å². The van der Waals surface area contributed by atoms with Gasteiger partial charge >= 0.3 is 0 Å². The van der Waals surface area contributed by atoms with Crippen molar-refractivity contribution in [3.8, 4) is 11.3 Å².